The second-order valence-electron chi connectivity index (χ2n) is 5.19. The lowest BCUT2D eigenvalue weighted by molar-refractivity contribution is -0.124. The molecule has 1 aliphatic rings. The minimum absolute atomic E-state index is 0.227. The number of nitrogens with zero attached hydrogens (tertiary/aromatic N) is 1. The van der Waals surface area contributed by atoms with Crippen LogP contribution in [0.2, 0.25) is 0 Å². The molecule has 0 bridgehead atoms. The predicted molar refractivity (Wildman–Crippen MR) is 98.4 cm³/mol. The first-order valence-corrected chi connectivity index (χ1v) is 7.83. The number of hydrogen-bond donors (Lipinski definition) is 2. The van der Waals surface area contributed by atoms with Gasteiger partial charge in [-0.2, -0.15) is 0 Å². The third kappa shape index (κ3) is 3.61. The normalized spacial score (nSPS) is 20.0. The Hall–Kier alpha value is -2.71. The molecule has 24 heavy (non-hydrogen) atoms. The second-order valence-corrected chi connectivity index (χ2v) is 5.70. The molecule has 1 heterocycles. The number of anilines is 1. The molecule has 0 aromatic heterocycles. The minimum atomic E-state index is -0.542. The van der Waals surface area contributed by atoms with Gasteiger partial charge >= 0.3 is 0 Å². The first-order valence-electron chi connectivity index (χ1n) is 7.38. The lowest BCUT2D eigenvalue weighted by Gasteiger charge is -2.15. The summed E-state index contributed by atoms with van der Waals surface area (Å²) in [7, 11) is 0. The molecule has 2 rings (SSSR count). The molecule has 0 spiro atoms. The Morgan fingerprint density at radius 2 is 2.25 bits per heavy atom. The van der Waals surface area contributed by atoms with Crippen LogP contribution < -0.4 is 5.32 Å². The third-order valence-electron chi connectivity index (χ3n) is 3.71. The minimum Gasteiger partial charge on any atom is -0.325 e. The van der Waals surface area contributed by atoms with Gasteiger partial charge in [0.25, 0.3) is 0 Å². The fraction of sp³-hybridized carbons (Fsp3) is 0.158. The standard InChI is InChI=1S/C19H18N2O2S/c1-4-8-15-16(12-21(17(15)5-2)18(22)6-3)19(23)20-13-9-7-10-14(24)11-13/h1,5-11,16,24H,3,12H2,2H3,(H,20,23)/b15-8?,17-5+. The summed E-state index contributed by atoms with van der Waals surface area (Å²) in [5, 5.41) is 2.85. The number of thiol groups is 1. The molecule has 0 aliphatic carbocycles. The van der Waals surface area contributed by atoms with Crippen molar-refractivity contribution in [3.63, 3.8) is 0 Å². The van der Waals surface area contributed by atoms with Gasteiger partial charge in [-0.3, -0.25) is 9.59 Å². The van der Waals surface area contributed by atoms with Gasteiger partial charge in [0.05, 0.1) is 5.92 Å². The van der Waals surface area contributed by atoms with E-state index < -0.39 is 5.92 Å². The average Bonchev–Trinajstić information content (AvgIpc) is 2.93. The van der Waals surface area contributed by atoms with Crippen molar-refractivity contribution in [3.05, 3.63) is 60.3 Å². The summed E-state index contributed by atoms with van der Waals surface area (Å²) in [6.45, 7) is 5.53. The monoisotopic (exact) mass is 338 g/mol. The van der Waals surface area contributed by atoms with E-state index in [1.165, 1.54) is 17.1 Å². The van der Waals surface area contributed by atoms with E-state index in [1.54, 1.807) is 31.2 Å². The number of nitrogens with one attached hydrogen (secondary N) is 1. The van der Waals surface area contributed by atoms with Crippen molar-refractivity contribution in [2.24, 2.45) is 5.92 Å². The smallest absolute Gasteiger partial charge is 0.250 e. The third-order valence-corrected chi connectivity index (χ3v) is 3.99. The van der Waals surface area contributed by atoms with Crippen molar-refractivity contribution < 1.29 is 9.59 Å². The molecule has 0 saturated carbocycles. The molecule has 1 saturated heterocycles. The van der Waals surface area contributed by atoms with Crippen molar-refractivity contribution in [1.29, 1.82) is 0 Å². The maximum absolute atomic E-state index is 12.7. The number of hydrogen-bond acceptors (Lipinski definition) is 3. The average molecular weight is 338 g/mol. The van der Waals surface area contributed by atoms with E-state index >= 15 is 0 Å². The Morgan fingerprint density at radius 3 is 2.83 bits per heavy atom. The molecule has 4 nitrogen and oxygen atoms in total. The molecule has 122 valence electrons. The van der Waals surface area contributed by atoms with E-state index in [4.69, 9.17) is 6.42 Å². The van der Waals surface area contributed by atoms with E-state index in [0.717, 1.165) is 4.90 Å². The Kier molecular flexibility index (Phi) is 5.67. The first-order chi connectivity index (χ1) is 11.5. The molecule has 1 atom stereocenters. The SMILES string of the molecule is C#CC=C1/C(=C\C)N(C(=O)C=C)CC1C(=O)Nc1cccc(S)c1. The summed E-state index contributed by atoms with van der Waals surface area (Å²) in [6.07, 6.45) is 9.92. The largest absolute Gasteiger partial charge is 0.325 e. The van der Waals surface area contributed by atoms with Gasteiger partial charge in [-0.15, -0.1) is 19.1 Å². The number of amides is 2. The molecule has 1 unspecified atom stereocenters. The Morgan fingerprint density at radius 1 is 1.50 bits per heavy atom. The quantitative estimate of drug-likeness (QED) is 0.506. The molecule has 0 radical (unpaired) electrons. The molecular weight excluding hydrogens is 320 g/mol. The molecule has 1 aromatic rings. The fourth-order valence-electron chi connectivity index (χ4n) is 2.66. The van der Waals surface area contributed by atoms with Gasteiger partial charge in [0.15, 0.2) is 0 Å². The molecule has 1 aromatic carbocycles. The van der Waals surface area contributed by atoms with Crippen molar-refractivity contribution in [2.75, 3.05) is 11.9 Å². The molecule has 2 amide bonds. The zero-order valence-electron chi connectivity index (χ0n) is 13.3. The fourth-order valence-corrected chi connectivity index (χ4v) is 2.88. The topological polar surface area (TPSA) is 49.4 Å². The highest BCUT2D eigenvalue weighted by Gasteiger charge is 2.38. The Bertz CT molecular complexity index is 787. The maximum atomic E-state index is 12.7. The van der Waals surface area contributed by atoms with E-state index in [1.807, 2.05) is 6.07 Å². The summed E-state index contributed by atoms with van der Waals surface area (Å²) in [6, 6.07) is 7.15. The lowest BCUT2D eigenvalue weighted by atomic mass is 9.99. The van der Waals surface area contributed by atoms with Crippen LogP contribution in [0.1, 0.15) is 6.92 Å². The van der Waals surface area contributed by atoms with Crippen LogP contribution in [0.4, 0.5) is 5.69 Å². The zero-order valence-corrected chi connectivity index (χ0v) is 14.2. The van der Waals surface area contributed by atoms with Crippen molar-refractivity contribution >= 4 is 30.1 Å². The van der Waals surface area contributed by atoms with Gasteiger partial charge < -0.3 is 10.2 Å². The van der Waals surface area contributed by atoms with E-state index in [0.29, 0.717) is 17.0 Å². The number of benzene rings is 1. The molecule has 1 aliphatic heterocycles. The van der Waals surface area contributed by atoms with Crippen LogP contribution in [-0.2, 0) is 9.59 Å². The number of rotatable bonds is 3. The predicted octanol–water partition coefficient (Wildman–Crippen LogP) is 3.02. The maximum Gasteiger partial charge on any atom is 0.250 e. The van der Waals surface area contributed by atoms with Crippen molar-refractivity contribution in [2.45, 2.75) is 11.8 Å². The zero-order chi connectivity index (χ0) is 17.7. The van der Waals surface area contributed by atoms with Gasteiger partial charge in [0.1, 0.15) is 0 Å². The summed E-state index contributed by atoms with van der Waals surface area (Å²) in [4.78, 5) is 27.0. The number of carbonyl (C=O) groups is 2. The second kappa shape index (κ2) is 7.71. The van der Waals surface area contributed by atoms with Gasteiger partial charge in [0.2, 0.25) is 11.8 Å². The van der Waals surface area contributed by atoms with Crippen molar-refractivity contribution in [1.82, 2.24) is 4.90 Å². The Balaban J connectivity index is 2.32. The molecular formula is C19H18N2O2S. The summed E-state index contributed by atoms with van der Waals surface area (Å²) in [5.41, 5.74) is 1.93. The van der Waals surface area contributed by atoms with Gasteiger partial charge in [-0.25, -0.2) is 0 Å². The highest BCUT2D eigenvalue weighted by molar-refractivity contribution is 7.80. The van der Waals surface area contributed by atoms with E-state index in [-0.39, 0.29) is 18.4 Å². The van der Waals surface area contributed by atoms with Gasteiger partial charge in [-0.1, -0.05) is 24.6 Å². The lowest BCUT2D eigenvalue weighted by Crippen LogP contribution is -2.29. The van der Waals surface area contributed by atoms with Crippen LogP contribution in [0, 0.1) is 18.3 Å². The van der Waals surface area contributed by atoms with Crippen LogP contribution in [0.3, 0.4) is 0 Å². The number of terminal acetylenes is 1. The number of allylic oxidation sites excluding steroid dienone is 3. The summed E-state index contributed by atoms with van der Waals surface area (Å²) in [5.74, 6) is 1.42. The summed E-state index contributed by atoms with van der Waals surface area (Å²) >= 11 is 4.26. The molecule has 1 fully saturated rings. The van der Waals surface area contributed by atoms with Crippen LogP contribution in [0.25, 0.3) is 0 Å². The van der Waals surface area contributed by atoms with Crippen LogP contribution in [0.15, 0.2) is 65.2 Å². The number of carbonyl (C=O) groups excluding carboxylic acids is 2. The highest BCUT2D eigenvalue weighted by atomic mass is 32.1. The Labute approximate surface area is 147 Å². The molecule has 1 N–H and O–H groups in total. The van der Waals surface area contributed by atoms with Crippen LogP contribution in [-0.4, -0.2) is 23.3 Å². The molecule has 5 heteroatoms. The van der Waals surface area contributed by atoms with Crippen LogP contribution >= 0.6 is 12.6 Å². The van der Waals surface area contributed by atoms with Crippen LogP contribution in [0.5, 0.6) is 0 Å². The van der Waals surface area contributed by atoms with Crippen molar-refractivity contribution in [3.8, 4) is 12.3 Å². The highest BCUT2D eigenvalue weighted by Crippen LogP contribution is 2.33. The van der Waals surface area contributed by atoms with E-state index in [9.17, 15) is 9.59 Å². The van der Waals surface area contributed by atoms with Gasteiger partial charge in [0, 0.05) is 22.8 Å². The van der Waals surface area contributed by atoms with E-state index in [2.05, 4.69) is 30.4 Å². The first kappa shape index (κ1) is 17.6. The number of likely N-dealkylation sites (tertiary alicyclic amines) is 1. The van der Waals surface area contributed by atoms with Gasteiger partial charge in [-0.05, 0) is 42.8 Å². The summed E-state index contributed by atoms with van der Waals surface area (Å²) < 4.78 is 0.